The van der Waals surface area contributed by atoms with E-state index in [0.717, 1.165) is 0 Å². The Labute approximate surface area is 104 Å². The number of carbonyl (C=O) groups is 2. The lowest BCUT2D eigenvalue weighted by atomic mass is 10.2. The second-order valence-electron chi connectivity index (χ2n) is 3.91. The third-order valence-corrected chi connectivity index (χ3v) is 2.60. The number of hydrogen-bond acceptors (Lipinski definition) is 4. The Bertz CT molecular complexity index is 487. The molecule has 1 heterocycles. The van der Waals surface area contributed by atoms with Crippen molar-refractivity contribution in [2.75, 3.05) is 24.4 Å². The van der Waals surface area contributed by atoms with Gasteiger partial charge in [0.1, 0.15) is 11.9 Å². The number of carbonyl (C=O) groups excluding carboxylic acids is 2. The second-order valence-corrected chi connectivity index (χ2v) is 3.91. The quantitative estimate of drug-likeness (QED) is 0.838. The van der Waals surface area contributed by atoms with E-state index in [0.29, 0.717) is 17.1 Å². The highest BCUT2D eigenvalue weighted by Crippen LogP contribution is 2.30. The summed E-state index contributed by atoms with van der Waals surface area (Å²) in [6.45, 7) is 1.66. The van der Waals surface area contributed by atoms with Crippen LogP contribution < -0.4 is 15.4 Å². The van der Waals surface area contributed by atoms with Crippen LogP contribution in [0, 0.1) is 0 Å². The molecule has 6 nitrogen and oxygen atoms in total. The smallest absolute Gasteiger partial charge is 0.262 e. The van der Waals surface area contributed by atoms with Crippen LogP contribution in [0.4, 0.5) is 11.4 Å². The maximum absolute atomic E-state index is 11.6. The fourth-order valence-electron chi connectivity index (χ4n) is 1.51. The molecule has 1 aliphatic heterocycles. The predicted molar refractivity (Wildman–Crippen MR) is 65.7 cm³/mol. The van der Waals surface area contributed by atoms with Crippen molar-refractivity contribution in [2.45, 2.75) is 13.0 Å². The summed E-state index contributed by atoms with van der Waals surface area (Å²) >= 11 is 0. The maximum Gasteiger partial charge on any atom is 0.262 e. The molecule has 2 rings (SSSR count). The number of amides is 2. The summed E-state index contributed by atoms with van der Waals surface area (Å²) in [6, 6.07) is 5.05. The predicted octanol–water partition coefficient (Wildman–Crippen LogP) is 0.991. The molecule has 96 valence electrons. The number of ether oxygens (including phenoxy) is 2. The van der Waals surface area contributed by atoms with Gasteiger partial charge in [0.2, 0.25) is 0 Å². The third-order valence-electron chi connectivity index (χ3n) is 2.60. The van der Waals surface area contributed by atoms with Crippen LogP contribution in [0.3, 0.4) is 0 Å². The molecule has 0 aliphatic carbocycles. The van der Waals surface area contributed by atoms with Gasteiger partial charge in [-0.05, 0) is 25.1 Å². The monoisotopic (exact) mass is 250 g/mol. The molecule has 0 aromatic heterocycles. The van der Waals surface area contributed by atoms with E-state index in [2.05, 4.69) is 10.6 Å². The summed E-state index contributed by atoms with van der Waals surface area (Å²) < 4.78 is 10.1. The van der Waals surface area contributed by atoms with Gasteiger partial charge in [-0.1, -0.05) is 0 Å². The van der Waals surface area contributed by atoms with Crippen LogP contribution in [0.5, 0.6) is 5.75 Å². The number of benzene rings is 1. The van der Waals surface area contributed by atoms with Gasteiger partial charge in [0.25, 0.3) is 11.8 Å². The van der Waals surface area contributed by atoms with E-state index in [1.807, 2.05) is 0 Å². The van der Waals surface area contributed by atoms with E-state index in [9.17, 15) is 9.59 Å². The first kappa shape index (κ1) is 12.4. The fourth-order valence-corrected chi connectivity index (χ4v) is 1.51. The molecule has 18 heavy (non-hydrogen) atoms. The third kappa shape index (κ3) is 2.60. The first-order valence-corrected chi connectivity index (χ1v) is 5.50. The van der Waals surface area contributed by atoms with Crippen molar-refractivity contribution in [3.05, 3.63) is 18.2 Å². The van der Waals surface area contributed by atoms with Crippen LogP contribution in [0.1, 0.15) is 6.92 Å². The van der Waals surface area contributed by atoms with E-state index >= 15 is 0 Å². The lowest BCUT2D eigenvalue weighted by Crippen LogP contribution is -2.27. The van der Waals surface area contributed by atoms with Crippen molar-refractivity contribution < 1.29 is 19.1 Å². The molecule has 1 aromatic rings. The molecule has 2 amide bonds. The van der Waals surface area contributed by atoms with Crippen molar-refractivity contribution in [3.8, 4) is 5.75 Å². The topological polar surface area (TPSA) is 76.7 Å². The van der Waals surface area contributed by atoms with Crippen LogP contribution in [0.2, 0.25) is 0 Å². The molecule has 1 aliphatic rings. The summed E-state index contributed by atoms with van der Waals surface area (Å²) in [7, 11) is 1.46. The van der Waals surface area contributed by atoms with Gasteiger partial charge < -0.3 is 20.1 Å². The van der Waals surface area contributed by atoms with Crippen LogP contribution in [-0.2, 0) is 14.3 Å². The van der Waals surface area contributed by atoms with Crippen molar-refractivity contribution in [1.82, 2.24) is 0 Å². The molecule has 6 heteroatoms. The molecule has 2 N–H and O–H groups in total. The van der Waals surface area contributed by atoms with Crippen LogP contribution >= 0.6 is 0 Å². The number of fused-ring (bicyclic) bond motifs is 1. The van der Waals surface area contributed by atoms with Gasteiger partial charge in [-0.3, -0.25) is 9.59 Å². The Balaban J connectivity index is 2.13. The molecule has 1 aromatic carbocycles. The minimum absolute atomic E-state index is 0.0133. The van der Waals surface area contributed by atoms with E-state index in [-0.39, 0.29) is 18.4 Å². The average molecular weight is 250 g/mol. The highest BCUT2D eigenvalue weighted by Gasteiger charge is 2.17. The summed E-state index contributed by atoms with van der Waals surface area (Å²) in [4.78, 5) is 22.8. The maximum atomic E-state index is 11.6. The van der Waals surface area contributed by atoms with E-state index in [1.165, 1.54) is 7.11 Å². The van der Waals surface area contributed by atoms with Gasteiger partial charge in [0.05, 0.1) is 5.69 Å². The average Bonchev–Trinajstić information content (AvgIpc) is 2.37. The SMILES string of the molecule is COC(C)C(=O)Nc1ccc2c(c1)NC(=O)CO2. The van der Waals surface area contributed by atoms with E-state index in [4.69, 9.17) is 9.47 Å². The zero-order valence-corrected chi connectivity index (χ0v) is 10.1. The molecule has 0 fully saturated rings. The van der Waals surface area contributed by atoms with Gasteiger partial charge in [0, 0.05) is 12.8 Å². The van der Waals surface area contributed by atoms with Gasteiger partial charge in [-0.25, -0.2) is 0 Å². The summed E-state index contributed by atoms with van der Waals surface area (Å²) in [6.07, 6.45) is -0.535. The first-order chi connectivity index (χ1) is 8.60. The Kier molecular flexibility index (Phi) is 3.47. The van der Waals surface area contributed by atoms with Gasteiger partial charge in [-0.15, -0.1) is 0 Å². The minimum Gasteiger partial charge on any atom is -0.482 e. The molecule has 0 saturated heterocycles. The Morgan fingerprint density at radius 2 is 2.33 bits per heavy atom. The van der Waals surface area contributed by atoms with Crippen molar-refractivity contribution in [3.63, 3.8) is 0 Å². The molecule has 1 unspecified atom stereocenters. The molecular formula is C12H14N2O4. The fraction of sp³-hybridized carbons (Fsp3) is 0.333. The second kappa shape index (κ2) is 5.05. The van der Waals surface area contributed by atoms with Gasteiger partial charge >= 0.3 is 0 Å². The summed E-state index contributed by atoms with van der Waals surface area (Å²) in [5.74, 6) is 0.129. The highest BCUT2D eigenvalue weighted by molar-refractivity contribution is 5.98. The Hall–Kier alpha value is -2.08. The largest absolute Gasteiger partial charge is 0.482 e. The first-order valence-electron chi connectivity index (χ1n) is 5.50. The minimum atomic E-state index is -0.535. The lowest BCUT2D eigenvalue weighted by molar-refractivity contribution is -0.124. The lowest BCUT2D eigenvalue weighted by Gasteiger charge is -2.19. The normalized spacial score (nSPS) is 15.1. The number of anilines is 2. The molecular weight excluding hydrogens is 236 g/mol. The van der Waals surface area contributed by atoms with Crippen LogP contribution in [-0.4, -0.2) is 31.6 Å². The summed E-state index contributed by atoms with van der Waals surface area (Å²) in [5.41, 5.74) is 1.13. The van der Waals surface area contributed by atoms with Crippen molar-refractivity contribution >= 4 is 23.2 Å². The molecule has 1 atom stereocenters. The zero-order chi connectivity index (χ0) is 13.1. The summed E-state index contributed by atoms with van der Waals surface area (Å²) in [5, 5.41) is 5.36. The van der Waals surface area contributed by atoms with Gasteiger partial charge in [0.15, 0.2) is 6.61 Å². The van der Waals surface area contributed by atoms with Gasteiger partial charge in [-0.2, -0.15) is 0 Å². The number of nitrogens with one attached hydrogen (secondary N) is 2. The Morgan fingerprint density at radius 1 is 1.56 bits per heavy atom. The molecule has 0 spiro atoms. The zero-order valence-electron chi connectivity index (χ0n) is 10.1. The standard InChI is InChI=1S/C12H14N2O4/c1-7(17-2)12(16)13-8-3-4-10-9(5-8)14-11(15)6-18-10/h3-5,7H,6H2,1-2H3,(H,13,16)(H,14,15). The van der Waals surface area contributed by atoms with E-state index < -0.39 is 6.10 Å². The number of hydrogen-bond donors (Lipinski definition) is 2. The number of methoxy groups -OCH3 is 1. The highest BCUT2D eigenvalue weighted by atomic mass is 16.5. The molecule has 0 radical (unpaired) electrons. The molecule has 0 bridgehead atoms. The Morgan fingerprint density at radius 3 is 3.06 bits per heavy atom. The number of rotatable bonds is 3. The van der Waals surface area contributed by atoms with Crippen LogP contribution in [0.15, 0.2) is 18.2 Å². The van der Waals surface area contributed by atoms with Crippen molar-refractivity contribution in [1.29, 1.82) is 0 Å². The van der Waals surface area contributed by atoms with Crippen molar-refractivity contribution in [2.24, 2.45) is 0 Å². The molecule has 0 saturated carbocycles. The van der Waals surface area contributed by atoms with Crippen LogP contribution in [0.25, 0.3) is 0 Å². The van der Waals surface area contributed by atoms with E-state index in [1.54, 1.807) is 25.1 Å².